The van der Waals surface area contributed by atoms with Crippen LogP contribution in [0.3, 0.4) is 0 Å². The lowest BCUT2D eigenvalue weighted by Gasteiger charge is -2.06. The second-order valence-electron chi connectivity index (χ2n) is 3.31. The molecule has 2 N–H and O–H groups in total. The van der Waals surface area contributed by atoms with Gasteiger partial charge in [-0.1, -0.05) is 12.1 Å². The normalized spacial score (nSPS) is 9.67. The quantitative estimate of drug-likeness (QED) is 0.720. The summed E-state index contributed by atoms with van der Waals surface area (Å²) >= 11 is 0. The Hall–Kier alpha value is -1.84. The van der Waals surface area contributed by atoms with E-state index in [0.717, 1.165) is 16.8 Å². The molecule has 0 aliphatic rings. The average Bonchev–Trinajstić information content (AvgIpc) is 2.19. The average molecular weight is 207 g/mol. The third kappa shape index (κ3) is 3.42. The van der Waals surface area contributed by atoms with E-state index in [2.05, 4.69) is 5.32 Å². The van der Waals surface area contributed by atoms with Gasteiger partial charge < -0.3 is 10.4 Å². The van der Waals surface area contributed by atoms with E-state index in [-0.39, 0.29) is 6.42 Å². The molecule has 4 nitrogen and oxygen atoms in total. The molecule has 0 aromatic heterocycles. The van der Waals surface area contributed by atoms with Crippen LogP contribution in [0.25, 0.3) is 0 Å². The van der Waals surface area contributed by atoms with Crippen LogP contribution in [-0.2, 0) is 16.0 Å². The van der Waals surface area contributed by atoms with Gasteiger partial charge in [-0.3, -0.25) is 9.59 Å². The standard InChI is InChI=1S/C11H13NO3/c1-8-2-3-9(4-5-11(14)15)6-10(8)12-7-13/h2-3,6-7H,4-5H2,1H3,(H,12,13)(H,14,15). The maximum absolute atomic E-state index is 10.4. The molecular weight excluding hydrogens is 194 g/mol. The summed E-state index contributed by atoms with van der Waals surface area (Å²) in [5.41, 5.74) is 2.60. The summed E-state index contributed by atoms with van der Waals surface area (Å²) in [4.78, 5) is 20.7. The number of carbonyl (C=O) groups excluding carboxylic acids is 1. The van der Waals surface area contributed by atoms with Crippen LogP contribution in [0, 0.1) is 6.92 Å². The number of anilines is 1. The van der Waals surface area contributed by atoms with Crippen molar-refractivity contribution in [2.45, 2.75) is 19.8 Å². The summed E-state index contributed by atoms with van der Waals surface area (Å²) in [6, 6.07) is 5.53. The summed E-state index contributed by atoms with van der Waals surface area (Å²) in [5.74, 6) is -0.819. The molecule has 1 aromatic carbocycles. The van der Waals surface area contributed by atoms with Crippen molar-refractivity contribution in [3.63, 3.8) is 0 Å². The fourth-order valence-electron chi connectivity index (χ4n) is 1.29. The highest BCUT2D eigenvalue weighted by Gasteiger charge is 2.02. The molecule has 1 rings (SSSR count). The molecular formula is C11H13NO3. The van der Waals surface area contributed by atoms with Crippen molar-refractivity contribution in [2.75, 3.05) is 5.32 Å². The molecule has 15 heavy (non-hydrogen) atoms. The smallest absolute Gasteiger partial charge is 0.303 e. The number of benzene rings is 1. The number of aliphatic carboxylic acids is 1. The molecule has 0 fully saturated rings. The number of hydrogen-bond acceptors (Lipinski definition) is 2. The number of amides is 1. The molecule has 80 valence electrons. The molecule has 0 saturated heterocycles. The SMILES string of the molecule is Cc1ccc(CCC(=O)O)cc1NC=O. The summed E-state index contributed by atoms with van der Waals surface area (Å²) in [6.45, 7) is 1.88. The molecule has 0 aliphatic carbocycles. The van der Waals surface area contributed by atoms with Gasteiger partial charge in [-0.15, -0.1) is 0 Å². The third-order valence-corrected chi connectivity index (χ3v) is 2.14. The summed E-state index contributed by atoms with van der Waals surface area (Å²) < 4.78 is 0. The van der Waals surface area contributed by atoms with E-state index in [9.17, 15) is 9.59 Å². The summed E-state index contributed by atoms with van der Waals surface area (Å²) in [7, 11) is 0. The van der Waals surface area contributed by atoms with E-state index in [0.29, 0.717) is 12.8 Å². The molecule has 0 aliphatic heterocycles. The highest BCUT2D eigenvalue weighted by molar-refractivity contribution is 5.73. The van der Waals surface area contributed by atoms with Gasteiger partial charge >= 0.3 is 5.97 Å². The Morgan fingerprint density at radius 3 is 2.87 bits per heavy atom. The molecule has 0 heterocycles. The number of aryl methyl sites for hydroxylation is 2. The van der Waals surface area contributed by atoms with E-state index >= 15 is 0 Å². The topological polar surface area (TPSA) is 66.4 Å². The van der Waals surface area contributed by atoms with Crippen LogP contribution in [-0.4, -0.2) is 17.5 Å². The Morgan fingerprint density at radius 2 is 2.27 bits per heavy atom. The van der Waals surface area contributed by atoms with E-state index < -0.39 is 5.97 Å². The Kier molecular flexibility index (Phi) is 3.85. The number of carbonyl (C=O) groups is 2. The zero-order valence-corrected chi connectivity index (χ0v) is 8.49. The molecule has 0 saturated carbocycles. The molecule has 0 unspecified atom stereocenters. The van der Waals surface area contributed by atoms with Gasteiger partial charge in [-0.2, -0.15) is 0 Å². The van der Waals surface area contributed by atoms with Crippen molar-refractivity contribution < 1.29 is 14.7 Å². The van der Waals surface area contributed by atoms with Crippen molar-refractivity contribution in [2.24, 2.45) is 0 Å². The van der Waals surface area contributed by atoms with Gasteiger partial charge in [-0.25, -0.2) is 0 Å². The lowest BCUT2D eigenvalue weighted by Crippen LogP contribution is -2.00. The lowest BCUT2D eigenvalue weighted by molar-refractivity contribution is -0.136. The van der Waals surface area contributed by atoms with Gasteiger partial charge in [-0.05, 0) is 30.5 Å². The van der Waals surface area contributed by atoms with Crippen molar-refractivity contribution in [1.29, 1.82) is 0 Å². The molecule has 1 amide bonds. The molecule has 0 radical (unpaired) electrons. The first kappa shape index (κ1) is 11.2. The first-order valence-electron chi connectivity index (χ1n) is 4.65. The Bertz CT molecular complexity index is 374. The van der Waals surface area contributed by atoms with Crippen LogP contribution < -0.4 is 5.32 Å². The minimum absolute atomic E-state index is 0.101. The van der Waals surface area contributed by atoms with Gasteiger partial charge in [0.05, 0.1) is 0 Å². The van der Waals surface area contributed by atoms with Crippen LogP contribution in [0.2, 0.25) is 0 Å². The van der Waals surface area contributed by atoms with Crippen LogP contribution in [0.15, 0.2) is 18.2 Å². The predicted octanol–water partition coefficient (Wildman–Crippen LogP) is 1.58. The number of hydrogen-bond donors (Lipinski definition) is 2. The van der Waals surface area contributed by atoms with E-state index in [4.69, 9.17) is 5.11 Å². The van der Waals surface area contributed by atoms with Gasteiger partial charge in [0.1, 0.15) is 0 Å². The maximum Gasteiger partial charge on any atom is 0.303 e. The molecule has 4 heteroatoms. The van der Waals surface area contributed by atoms with Gasteiger partial charge in [0, 0.05) is 12.1 Å². The van der Waals surface area contributed by atoms with Crippen LogP contribution in [0.1, 0.15) is 17.5 Å². The van der Waals surface area contributed by atoms with Crippen LogP contribution in [0.5, 0.6) is 0 Å². The van der Waals surface area contributed by atoms with E-state index in [1.807, 2.05) is 19.1 Å². The molecule has 1 aromatic rings. The van der Waals surface area contributed by atoms with Crippen LogP contribution in [0.4, 0.5) is 5.69 Å². The number of nitrogens with one attached hydrogen (secondary N) is 1. The zero-order chi connectivity index (χ0) is 11.3. The molecule has 0 spiro atoms. The second-order valence-corrected chi connectivity index (χ2v) is 3.31. The minimum Gasteiger partial charge on any atom is -0.481 e. The third-order valence-electron chi connectivity index (χ3n) is 2.14. The molecule has 0 bridgehead atoms. The van der Waals surface area contributed by atoms with Gasteiger partial charge in [0.2, 0.25) is 6.41 Å². The molecule has 0 atom stereocenters. The largest absolute Gasteiger partial charge is 0.481 e. The summed E-state index contributed by atoms with van der Waals surface area (Å²) in [6.07, 6.45) is 1.19. The van der Waals surface area contributed by atoms with Crippen molar-refractivity contribution in [3.05, 3.63) is 29.3 Å². The second kappa shape index (κ2) is 5.14. The fourth-order valence-corrected chi connectivity index (χ4v) is 1.29. The zero-order valence-electron chi connectivity index (χ0n) is 8.49. The maximum atomic E-state index is 10.4. The Labute approximate surface area is 87.9 Å². The monoisotopic (exact) mass is 207 g/mol. The Morgan fingerprint density at radius 1 is 1.53 bits per heavy atom. The Balaban J connectivity index is 2.77. The number of rotatable bonds is 5. The van der Waals surface area contributed by atoms with Crippen LogP contribution >= 0.6 is 0 Å². The highest BCUT2D eigenvalue weighted by atomic mass is 16.4. The summed E-state index contributed by atoms with van der Waals surface area (Å²) in [5, 5.41) is 11.1. The van der Waals surface area contributed by atoms with Crippen molar-refractivity contribution in [3.8, 4) is 0 Å². The lowest BCUT2D eigenvalue weighted by atomic mass is 10.1. The van der Waals surface area contributed by atoms with Gasteiger partial charge in [0.15, 0.2) is 0 Å². The predicted molar refractivity (Wildman–Crippen MR) is 56.8 cm³/mol. The minimum atomic E-state index is -0.819. The van der Waals surface area contributed by atoms with Crippen molar-refractivity contribution >= 4 is 18.1 Å². The number of carboxylic acids is 1. The van der Waals surface area contributed by atoms with Gasteiger partial charge in [0.25, 0.3) is 0 Å². The van der Waals surface area contributed by atoms with E-state index in [1.165, 1.54) is 0 Å². The van der Waals surface area contributed by atoms with Crippen molar-refractivity contribution in [1.82, 2.24) is 0 Å². The van der Waals surface area contributed by atoms with E-state index in [1.54, 1.807) is 6.07 Å². The highest BCUT2D eigenvalue weighted by Crippen LogP contribution is 2.17. The number of carboxylic acid groups (broad SMARTS) is 1. The first-order chi connectivity index (χ1) is 7.13. The fraction of sp³-hybridized carbons (Fsp3) is 0.273. The first-order valence-corrected chi connectivity index (χ1v) is 4.65.